The zero-order chi connectivity index (χ0) is 14.6. The molecule has 7 heteroatoms. The standard InChI is InChI=1S/C14H6BrIN2O2S/c15-8-5-7(20-12(8)16)6-11-13(19)18-10-4-2-1-3-9(10)17-14(18)21-11/h1-6H/b11-6-. The highest BCUT2D eigenvalue weighted by molar-refractivity contribution is 14.1. The van der Waals surface area contributed by atoms with E-state index in [1.807, 2.05) is 30.3 Å². The normalized spacial score (nSPS) is 12.8. The van der Waals surface area contributed by atoms with Crippen LogP contribution >= 0.6 is 49.9 Å². The molecule has 0 aliphatic heterocycles. The largest absolute Gasteiger partial charge is 0.450 e. The Morgan fingerprint density at radius 2 is 2.19 bits per heavy atom. The van der Waals surface area contributed by atoms with Crippen LogP contribution in [0.1, 0.15) is 5.76 Å². The van der Waals surface area contributed by atoms with Crippen molar-refractivity contribution in [2.75, 3.05) is 0 Å². The van der Waals surface area contributed by atoms with Gasteiger partial charge in [0.15, 0.2) is 8.73 Å². The second-order valence-corrected chi connectivity index (χ2v) is 7.25. The van der Waals surface area contributed by atoms with Gasteiger partial charge in [-0.05, 0) is 34.1 Å². The first-order valence-electron chi connectivity index (χ1n) is 6.00. The van der Waals surface area contributed by atoms with E-state index in [0.717, 1.165) is 19.3 Å². The molecule has 1 aromatic carbocycles. The molecule has 21 heavy (non-hydrogen) atoms. The highest BCUT2D eigenvalue weighted by atomic mass is 127. The molecule has 4 nitrogen and oxygen atoms in total. The van der Waals surface area contributed by atoms with Crippen LogP contribution in [0.4, 0.5) is 0 Å². The molecule has 0 radical (unpaired) electrons. The average Bonchev–Trinajstić information content (AvgIpc) is 3.06. The maximum absolute atomic E-state index is 12.5. The summed E-state index contributed by atoms with van der Waals surface area (Å²) in [6.07, 6.45) is 1.75. The molecule has 4 aromatic rings. The lowest BCUT2D eigenvalue weighted by Gasteiger charge is -1.86. The van der Waals surface area contributed by atoms with Crippen molar-refractivity contribution < 1.29 is 4.42 Å². The summed E-state index contributed by atoms with van der Waals surface area (Å²) >= 11 is 6.86. The Morgan fingerprint density at radius 1 is 1.38 bits per heavy atom. The fourth-order valence-electron chi connectivity index (χ4n) is 2.18. The quantitative estimate of drug-likeness (QED) is 0.399. The van der Waals surface area contributed by atoms with Crippen LogP contribution in [0.25, 0.3) is 22.1 Å². The van der Waals surface area contributed by atoms with Gasteiger partial charge in [-0.15, -0.1) is 0 Å². The summed E-state index contributed by atoms with van der Waals surface area (Å²) in [5.41, 5.74) is 1.61. The zero-order valence-electron chi connectivity index (χ0n) is 10.3. The van der Waals surface area contributed by atoms with Gasteiger partial charge in [0.05, 0.1) is 15.5 Å². The third-order valence-electron chi connectivity index (χ3n) is 3.08. The van der Waals surface area contributed by atoms with E-state index in [9.17, 15) is 4.79 Å². The molecule has 3 heterocycles. The van der Waals surface area contributed by atoms with Crippen molar-refractivity contribution in [3.05, 3.63) is 59.2 Å². The van der Waals surface area contributed by atoms with Crippen molar-refractivity contribution in [3.63, 3.8) is 0 Å². The number of imidazole rings is 1. The molecular formula is C14H6BrIN2O2S. The summed E-state index contributed by atoms with van der Waals surface area (Å²) < 4.78 is 9.46. The van der Waals surface area contributed by atoms with Gasteiger partial charge in [-0.3, -0.25) is 4.79 Å². The highest BCUT2D eigenvalue weighted by Gasteiger charge is 2.11. The van der Waals surface area contributed by atoms with Crippen LogP contribution in [0.5, 0.6) is 0 Å². The molecule has 0 saturated heterocycles. The van der Waals surface area contributed by atoms with Crippen molar-refractivity contribution in [1.82, 2.24) is 9.38 Å². The summed E-state index contributed by atoms with van der Waals surface area (Å²) in [5, 5.41) is 0. The van der Waals surface area contributed by atoms with Crippen LogP contribution in [-0.2, 0) is 0 Å². The lowest BCUT2D eigenvalue weighted by molar-refractivity contribution is 0.526. The van der Waals surface area contributed by atoms with Gasteiger partial charge in [0.2, 0.25) is 0 Å². The Labute approximate surface area is 144 Å². The van der Waals surface area contributed by atoms with Crippen molar-refractivity contribution in [1.29, 1.82) is 0 Å². The minimum Gasteiger partial charge on any atom is -0.450 e. The molecule has 104 valence electrons. The molecule has 3 aromatic heterocycles. The van der Waals surface area contributed by atoms with Crippen LogP contribution in [0.15, 0.2) is 44.0 Å². The van der Waals surface area contributed by atoms with Gasteiger partial charge in [-0.25, -0.2) is 9.38 Å². The second-order valence-electron chi connectivity index (χ2n) is 4.40. The topological polar surface area (TPSA) is 47.5 Å². The smallest absolute Gasteiger partial charge is 0.275 e. The number of thiazole rings is 1. The van der Waals surface area contributed by atoms with Crippen molar-refractivity contribution >= 4 is 71.9 Å². The Kier molecular flexibility index (Phi) is 3.16. The van der Waals surface area contributed by atoms with Gasteiger partial charge in [0.1, 0.15) is 10.3 Å². The van der Waals surface area contributed by atoms with Gasteiger partial charge >= 0.3 is 0 Å². The third kappa shape index (κ3) is 2.14. The summed E-state index contributed by atoms with van der Waals surface area (Å²) in [5.74, 6) is 0.650. The van der Waals surface area contributed by atoms with Gasteiger partial charge in [0.25, 0.3) is 5.56 Å². The molecule has 4 rings (SSSR count). The van der Waals surface area contributed by atoms with E-state index >= 15 is 0 Å². The molecule has 0 saturated carbocycles. The minimum atomic E-state index is -0.0637. The third-order valence-corrected chi connectivity index (χ3v) is 6.18. The fraction of sp³-hybridized carbons (Fsp3) is 0. The summed E-state index contributed by atoms with van der Waals surface area (Å²) in [6, 6.07) is 9.48. The van der Waals surface area contributed by atoms with E-state index in [1.54, 1.807) is 10.5 Å². The summed E-state index contributed by atoms with van der Waals surface area (Å²) in [6.45, 7) is 0. The van der Waals surface area contributed by atoms with E-state index < -0.39 is 0 Å². The van der Waals surface area contributed by atoms with Crippen LogP contribution in [0.3, 0.4) is 0 Å². The number of rotatable bonds is 1. The molecular weight excluding hydrogens is 467 g/mol. The Balaban J connectivity index is 2.02. The number of benzene rings is 1. The van der Waals surface area contributed by atoms with Gasteiger partial charge in [0, 0.05) is 28.7 Å². The molecule has 0 aliphatic carbocycles. The number of furan rings is 1. The lowest BCUT2D eigenvalue weighted by Crippen LogP contribution is -2.22. The number of hydrogen-bond acceptors (Lipinski definition) is 4. The van der Waals surface area contributed by atoms with E-state index in [2.05, 4.69) is 43.5 Å². The Bertz CT molecular complexity index is 1080. The predicted octanol–water partition coefficient (Wildman–Crippen LogP) is 3.42. The molecule has 0 unspecified atom stereocenters. The van der Waals surface area contributed by atoms with Gasteiger partial charge < -0.3 is 4.42 Å². The number of fused-ring (bicyclic) bond motifs is 3. The Hall–Kier alpha value is -1.19. The van der Waals surface area contributed by atoms with E-state index in [0.29, 0.717) is 15.3 Å². The number of para-hydroxylation sites is 2. The molecule has 0 spiro atoms. The lowest BCUT2D eigenvalue weighted by atomic mass is 10.3. The van der Waals surface area contributed by atoms with Crippen LogP contribution in [0, 0.1) is 3.77 Å². The maximum atomic E-state index is 12.5. The van der Waals surface area contributed by atoms with E-state index in [-0.39, 0.29) is 5.56 Å². The van der Waals surface area contributed by atoms with Crippen molar-refractivity contribution in [2.24, 2.45) is 0 Å². The average molecular weight is 473 g/mol. The number of hydrogen-bond donors (Lipinski definition) is 0. The van der Waals surface area contributed by atoms with Crippen LogP contribution < -0.4 is 10.1 Å². The maximum Gasteiger partial charge on any atom is 0.275 e. The minimum absolute atomic E-state index is 0.0637. The van der Waals surface area contributed by atoms with Crippen molar-refractivity contribution in [3.8, 4) is 0 Å². The SMILES string of the molecule is O=c1/c(=C/c2cc(Br)c(I)o2)sc2nc3ccccc3n12. The number of nitrogens with zero attached hydrogens (tertiary/aromatic N) is 2. The van der Waals surface area contributed by atoms with Crippen LogP contribution in [-0.4, -0.2) is 9.38 Å². The molecule has 0 aliphatic rings. The first-order chi connectivity index (χ1) is 10.1. The van der Waals surface area contributed by atoms with E-state index in [4.69, 9.17) is 4.42 Å². The zero-order valence-corrected chi connectivity index (χ0v) is 14.9. The summed E-state index contributed by atoms with van der Waals surface area (Å²) in [4.78, 5) is 17.7. The first kappa shape index (κ1) is 13.5. The fourth-order valence-corrected chi connectivity index (χ4v) is 3.86. The summed E-state index contributed by atoms with van der Waals surface area (Å²) in [7, 11) is 0. The van der Waals surface area contributed by atoms with Crippen molar-refractivity contribution in [2.45, 2.75) is 0 Å². The van der Waals surface area contributed by atoms with Gasteiger partial charge in [-0.1, -0.05) is 23.5 Å². The molecule has 0 N–H and O–H groups in total. The number of aromatic nitrogens is 2. The predicted molar refractivity (Wildman–Crippen MR) is 94.8 cm³/mol. The van der Waals surface area contributed by atoms with E-state index in [1.165, 1.54) is 11.3 Å². The monoisotopic (exact) mass is 472 g/mol. The first-order valence-corrected chi connectivity index (χ1v) is 8.69. The molecule has 0 atom stereocenters. The highest BCUT2D eigenvalue weighted by Crippen LogP contribution is 2.23. The molecule has 0 bridgehead atoms. The second kappa shape index (κ2) is 4.92. The molecule has 0 amide bonds. The van der Waals surface area contributed by atoms with Gasteiger partial charge in [-0.2, -0.15) is 0 Å². The van der Waals surface area contributed by atoms with Crippen LogP contribution in [0.2, 0.25) is 0 Å². The number of halogens is 2. The molecule has 0 fully saturated rings. The Morgan fingerprint density at radius 3 is 2.95 bits per heavy atom.